The van der Waals surface area contributed by atoms with Crippen LogP contribution in [0.2, 0.25) is 5.32 Å². The first-order valence-corrected chi connectivity index (χ1v) is 11.6. The summed E-state index contributed by atoms with van der Waals surface area (Å²) in [6.45, 7) is 0. The molecule has 26 heavy (non-hydrogen) atoms. The van der Waals surface area contributed by atoms with Crippen LogP contribution in [0, 0.1) is 11.8 Å². The van der Waals surface area contributed by atoms with Crippen LogP contribution in [-0.2, 0) is 14.4 Å². The van der Waals surface area contributed by atoms with E-state index in [9.17, 15) is 9.59 Å². The number of likely N-dealkylation sites (tertiary alicyclic amines) is 1. The van der Waals surface area contributed by atoms with Crippen molar-refractivity contribution in [2.75, 3.05) is 7.05 Å². The number of nitrogens with zero attached hydrogens (tertiary/aromatic N) is 2. The minimum atomic E-state index is -0.582. The first-order chi connectivity index (χ1) is 12.6. The molecule has 4 aliphatic rings. The van der Waals surface area contributed by atoms with E-state index in [1.54, 1.807) is 7.05 Å². The molecule has 6 heteroatoms. The summed E-state index contributed by atoms with van der Waals surface area (Å²) in [5.41, 5.74) is 0.0161. The molecule has 0 spiro atoms. The van der Waals surface area contributed by atoms with Crippen molar-refractivity contribution >= 4 is 31.2 Å². The fourth-order valence-corrected chi connectivity index (χ4v) is 8.17. The molecular formula is C20H24N2O3Se. The average molecular weight is 419 g/mol. The molecule has 1 saturated carbocycles. The van der Waals surface area contributed by atoms with Crippen LogP contribution in [0.3, 0.4) is 0 Å². The molecule has 3 saturated heterocycles. The van der Waals surface area contributed by atoms with Gasteiger partial charge in [-0.3, -0.25) is 0 Å². The third-order valence-corrected chi connectivity index (χ3v) is 9.45. The van der Waals surface area contributed by atoms with Crippen molar-refractivity contribution in [2.24, 2.45) is 11.8 Å². The minimum absolute atomic E-state index is 0.0161. The molecule has 0 radical (unpaired) electrons. The Morgan fingerprint density at radius 3 is 2.81 bits per heavy atom. The number of hydrogen-bond acceptors (Lipinski definition) is 4. The van der Waals surface area contributed by atoms with Gasteiger partial charge >= 0.3 is 160 Å². The Kier molecular flexibility index (Phi) is 4.02. The van der Waals surface area contributed by atoms with E-state index >= 15 is 0 Å². The zero-order valence-electron chi connectivity index (χ0n) is 15.0. The Bertz CT molecular complexity index is 742. The molecule has 1 aliphatic carbocycles. The molecule has 2 amide bonds. The maximum atomic E-state index is 12.6. The second kappa shape index (κ2) is 6.16. The third-order valence-electron chi connectivity index (χ3n) is 6.83. The van der Waals surface area contributed by atoms with Crippen molar-refractivity contribution < 1.29 is 14.4 Å². The standard InChI is InChI=1S/C20H24N2O3Se/c1-21-18(23)16-15-11-13-7-5-6-10-20(13,22(15)25-17(16)19(21)24)12-26-14-8-3-2-4-9-14/h2-4,8-9,13,15-17H,5-7,10-12H2,1H3/t13-,15+,16+,17-,20+/m1/s1. The number of carbonyl (C=O) groups excluding carboxylic acids is 2. The Hall–Kier alpha value is -1.20. The number of likely N-dealkylation sites (N-methyl/N-ethyl adjacent to an activating group) is 1. The summed E-state index contributed by atoms with van der Waals surface area (Å²) in [5, 5.41) is 3.25. The number of rotatable bonds is 3. The first-order valence-electron chi connectivity index (χ1n) is 9.57. The van der Waals surface area contributed by atoms with Gasteiger partial charge in [-0.15, -0.1) is 0 Å². The van der Waals surface area contributed by atoms with Gasteiger partial charge in [0.05, 0.1) is 0 Å². The van der Waals surface area contributed by atoms with Crippen LogP contribution in [0.1, 0.15) is 32.1 Å². The molecule has 3 aliphatic heterocycles. The van der Waals surface area contributed by atoms with Gasteiger partial charge in [0.15, 0.2) is 0 Å². The van der Waals surface area contributed by atoms with Gasteiger partial charge in [-0.2, -0.15) is 0 Å². The summed E-state index contributed by atoms with van der Waals surface area (Å²) in [6, 6.07) is 10.8. The Morgan fingerprint density at radius 2 is 2.00 bits per heavy atom. The summed E-state index contributed by atoms with van der Waals surface area (Å²) in [7, 11) is 1.59. The molecule has 3 heterocycles. The number of amides is 2. The van der Waals surface area contributed by atoms with E-state index in [1.807, 2.05) is 0 Å². The van der Waals surface area contributed by atoms with Crippen molar-refractivity contribution in [3.63, 3.8) is 0 Å². The van der Waals surface area contributed by atoms with Crippen molar-refractivity contribution in [3.05, 3.63) is 30.3 Å². The van der Waals surface area contributed by atoms with Crippen LogP contribution in [0.15, 0.2) is 30.3 Å². The molecule has 1 aromatic rings. The van der Waals surface area contributed by atoms with Crippen LogP contribution in [0.25, 0.3) is 0 Å². The van der Waals surface area contributed by atoms with Gasteiger partial charge in [0, 0.05) is 0 Å². The number of benzene rings is 1. The molecule has 0 aromatic heterocycles. The maximum absolute atomic E-state index is 12.6. The number of hydroxylamine groups is 2. The monoisotopic (exact) mass is 420 g/mol. The van der Waals surface area contributed by atoms with Crippen LogP contribution in [0.4, 0.5) is 0 Å². The second-order valence-corrected chi connectivity index (χ2v) is 10.3. The Morgan fingerprint density at radius 1 is 1.19 bits per heavy atom. The van der Waals surface area contributed by atoms with Gasteiger partial charge in [0.1, 0.15) is 0 Å². The molecule has 0 N–H and O–H groups in total. The molecule has 5 atom stereocenters. The van der Waals surface area contributed by atoms with Crippen molar-refractivity contribution in [1.29, 1.82) is 0 Å². The van der Waals surface area contributed by atoms with Gasteiger partial charge in [-0.1, -0.05) is 0 Å². The predicted molar refractivity (Wildman–Crippen MR) is 97.7 cm³/mol. The van der Waals surface area contributed by atoms with Gasteiger partial charge < -0.3 is 0 Å². The van der Waals surface area contributed by atoms with Gasteiger partial charge in [-0.25, -0.2) is 0 Å². The molecule has 0 bridgehead atoms. The number of fused-ring (bicyclic) bond motifs is 5. The third kappa shape index (κ3) is 2.29. The van der Waals surface area contributed by atoms with E-state index in [2.05, 4.69) is 35.4 Å². The molecule has 5 nitrogen and oxygen atoms in total. The molecule has 1 aromatic carbocycles. The Labute approximate surface area is 160 Å². The van der Waals surface area contributed by atoms with E-state index in [4.69, 9.17) is 4.84 Å². The summed E-state index contributed by atoms with van der Waals surface area (Å²) in [6.07, 6.45) is 5.24. The van der Waals surface area contributed by atoms with E-state index in [1.165, 1.54) is 28.6 Å². The first kappa shape index (κ1) is 16.9. The second-order valence-electron chi connectivity index (χ2n) is 8.06. The fourth-order valence-electron chi connectivity index (χ4n) is 5.50. The average Bonchev–Trinajstić information content (AvgIpc) is 3.26. The predicted octanol–water partition coefficient (Wildman–Crippen LogP) is 1.37. The summed E-state index contributed by atoms with van der Waals surface area (Å²) >= 11 is 0.373. The van der Waals surface area contributed by atoms with Gasteiger partial charge in [0.2, 0.25) is 0 Å². The summed E-state index contributed by atoms with van der Waals surface area (Å²) in [4.78, 5) is 32.6. The fraction of sp³-hybridized carbons (Fsp3) is 0.600. The van der Waals surface area contributed by atoms with E-state index in [0.717, 1.165) is 18.2 Å². The van der Waals surface area contributed by atoms with Gasteiger partial charge in [-0.05, 0) is 0 Å². The molecular weight excluding hydrogens is 395 g/mol. The zero-order chi connectivity index (χ0) is 17.9. The summed E-state index contributed by atoms with van der Waals surface area (Å²) < 4.78 is 1.41. The normalized spacial score (nSPS) is 39.2. The van der Waals surface area contributed by atoms with Crippen molar-refractivity contribution in [2.45, 2.75) is 55.1 Å². The van der Waals surface area contributed by atoms with E-state index in [0.29, 0.717) is 20.9 Å². The van der Waals surface area contributed by atoms with Crippen molar-refractivity contribution in [3.8, 4) is 0 Å². The molecule has 138 valence electrons. The molecule has 4 fully saturated rings. The number of carbonyl (C=O) groups is 2. The quantitative estimate of drug-likeness (QED) is 0.549. The number of imide groups is 1. The van der Waals surface area contributed by atoms with Crippen LogP contribution in [0.5, 0.6) is 0 Å². The molecule has 5 rings (SSSR count). The zero-order valence-corrected chi connectivity index (χ0v) is 16.7. The summed E-state index contributed by atoms with van der Waals surface area (Å²) in [5.74, 6) is 0.0844. The van der Waals surface area contributed by atoms with Crippen LogP contribution >= 0.6 is 0 Å². The SMILES string of the molecule is CN1C(=O)[C@@H]2[C@@H](ON3[C@H]2C[C@H]2CCCC[C@]23C[Se]c2ccccc2)C1=O. The topological polar surface area (TPSA) is 49.9 Å². The van der Waals surface area contributed by atoms with E-state index < -0.39 is 6.10 Å². The number of hydrogen-bond donors (Lipinski definition) is 0. The Balaban J connectivity index is 1.44. The van der Waals surface area contributed by atoms with Crippen LogP contribution in [-0.4, -0.2) is 61.5 Å². The van der Waals surface area contributed by atoms with Crippen LogP contribution < -0.4 is 4.46 Å². The molecule has 0 unspecified atom stereocenters. The van der Waals surface area contributed by atoms with Gasteiger partial charge in [0.25, 0.3) is 0 Å². The van der Waals surface area contributed by atoms with Crippen molar-refractivity contribution in [1.82, 2.24) is 9.96 Å². The van der Waals surface area contributed by atoms with E-state index in [-0.39, 0.29) is 29.3 Å².